The van der Waals surface area contributed by atoms with Crippen molar-refractivity contribution < 1.29 is 139 Å². The molecule has 37 heteroatoms. The third kappa shape index (κ3) is 37.8. The van der Waals surface area contributed by atoms with Crippen molar-refractivity contribution in [1.82, 2.24) is 50.7 Å². The van der Waals surface area contributed by atoms with Crippen molar-refractivity contribution in [1.29, 1.82) is 0 Å². The van der Waals surface area contributed by atoms with Gasteiger partial charge in [0.15, 0.2) is 28.9 Å². The number of aliphatic carboxylic acids is 2. The number of ether oxygens (including phenoxy) is 8. The molecule has 0 bridgehead atoms. The van der Waals surface area contributed by atoms with Gasteiger partial charge in [-0.2, -0.15) is 0 Å². The summed E-state index contributed by atoms with van der Waals surface area (Å²) in [6.45, 7) is 16.9. The van der Waals surface area contributed by atoms with Crippen molar-refractivity contribution in [3.05, 3.63) is 305 Å². The molecule has 3 amide bonds. The van der Waals surface area contributed by atoms with Crippen molar-refractivity contribution in [2.45, 2.75) is 150 Å². The summed E-state index contributed by atoms with van der Waals surface area (Å²) in [7, 11) is 2.11. The first-order valence-electron chi connectivity index (χ1n) is 48.9. The Bertz CT molecular complexity index is 6000. The number of rotatable bonds is 28. The van der Waals surface area contributed by atoms with E-state index in [1.165, 1.54) is 66.5 Å². The maximum Gasteiger partial charge on any atom is 1.00 e. The Morgan fingerprint density at radius 1 is 0.423 bits per heavy atom. The predicted molar refractivity (Wildman–Crippen MR) is 554 cm³/mol. The van der Waals surface area contributed by atoms with Gasteiger partial charge in [0.05, 0.1) is 54.9 Å². The molecule has 5 aliphatic rings. The van der Waals surface area contributed by atoms with Crippen LogP contribution in [0, 0.1) is 35.2 Å². The first-order valence-corrected chi connectivity index (χ1v) is 48.9. The van der Waals surface area contributed by atoms with Gasteiger partial charge in [-0.25, -0.2) is 37.1 Å². The third-order valence-electron chi connectivity index (χ3n) is 24.6. The number of carboxylic acid groups (broad SMARTS) is 2. The molecule has 11 aromatic rings. The Balaban J connectivity index is 0.000000294. The van der Waals surface area contributed by atoms with Gasteiger partial charge in [0.1, 0.15) is 55.4 Å². The van der Waals surface area contributed by atoms with Crippen LogP contribution in [-0.2, 0) is 86.5 Å². The number of aromatic nitrogens is 5. The number of amides is 3. The summed E-state index contributed by atoms with van der Waals surface area (Å²) < 4.78 is 83.1. The molecule has 5 aromatic heterocycles. The van der Waals surface area contributed by atoms with Gasteiger partial charge in [0.25, 0.3) is 11.9 Å². The van der Waals surface area contributed by atoms with Crippen LogP contribution in [0.25, 0.3) is 44.8 Å². The van der Waals surface area contributed by atoms with Crippen molar-refractivity contribution in [2.24, 2.45) is 17.8 Å². The third-order valence-corrected chi connectivity index (χ3v) is 24.6. The largest absolute Gasteiger partial charge is 1.00 e. The molecule has 0 aliphatic carbocycles. The molecule has 0 radical (unpaired) electrons. The molecular weight excluding hydrogens is 1930 g/mol. The zero-order valence-corrected chi connectivity index (χ0v) is 84.8. The molecule has 16 rings (SSSR count). The van der Waals surface area contributed by atoms with Crippen LogP contribution in [0.15, 0.2) is 237 Å². The normalized spacial score (nSPS) is 14.3. The van der Waals surface area contributed by atoms with Gasteiger partial charge >= 0.3 is 61.0 Å². The van der Waals surface area contributed by atoms with E-state index in [1.807, 2.05) is 122 Å². The number of hydrogen-bond donors (Lipinski definition) is 5. The number of carboxylic acids is 2. The minimum Gasteiger partial charge on any atom is -1.00 e. The van der Waals surface area contributed by atoms with Crippen molar-refractivity contribution >= 4 is 88.8 Å². The number of hydrogen-bond acceptors (Lipinski definition) is 25. The standard InChI is InChI=1S/C31H30FN3O4.C31H31FN2O6.C24H26FN3O2.C18H23NO5.C4H8O.2C2H4O2.Al.Li.H3N.4H/c1-2-38-30(36)27-26(22-12-16-33-17-13-22)28(23-8-10-25(32)11-9-23)34-29(27)24-14-18-35(19-15-24)31(37)39-20-21-6-4-3-5-7-21;1-2-39-30(37)27(26(22-12-16-33-17-13-22)28(35)23-8-10-25(32)11-9-23)29(36)24-14-18-34(19-15-24)31(38)40-20-21-6-4-3-5-7-21;1-3-30-24(29)21-20(16-8-12-26-13-9-16)22(17-4-6-19(25)7-5-17)27-23(21)18-10-14-28(2)15-11-18;1-2-23-17(21)12-16(20)15-8-10-19(11-9-15)18(22)24-13-14-6-4-3-5-7-14;1-2-4-5-3-1;2*1-2(3)4;;;;;;;/h3-13,16-17,24,34H,2,14-15,18-20H2,1H3;3-13,16-17,24,26-27H,2,14-15,18-20H2,1H3;4-9,12-13,18,27H,3,10-11,14-15H2,1-2H3;3-7,15H,2,8-13H2,1H3;1-4H2;2*1H3,(H,3,4);;;1H3;;;;/q;;;;;;;;+1;;;;;-1. The second kappa shape index (κ2) is 64.1. The quantitative estimate of drug-likeness (QED) is 0.00999. The van der Waals surface area contributed by atoms with E-state index in [-0.39, 0.29) is 162 Å². The second-order valence-electron chi connectivity index (χ2n) is 34.8. The number of benzene rings is 6. The molecule has 0 saturated carbocycles. The Morgan fingerprint density at radius 3 is 1.09 bits per heavy atom. The number of ketones is 3. The van der Waals surface area contributed by atoms with E-state index in [9.17, 15) is 61.1 Å². The summed E-state index contributed by atoms with van der Waals surface area (Å²) in [4.78, 5) is 173. The maximum atomic E-state index is 13.9. The minimum absolute atomic E-state index is 0. The van der Waals surface area contributed by atoms with E-state index in [0.29, 0.717) is 99.3 Å². The maximum absolute atomic E-state index is 13.9. The van der Waals surface area contributed by atoms with Crippen LogP contribution in [-0.4, -0.2) is 243 Å². The summed E-state index contributed by atoms with van der Waals surface area (Å²) in [5, 5.41) is 14.8. The van der Waals surface area contributed by atoms with Gasteiger partial charge in [-0.15, -0.1) is 0 Å². The topological polar surface area (TPSA) is 437 Å². The van der Waals surface area contributed by atoms with Crippen LogP contribution in [0.1, 0.15) is 196 Å². The van der Waals surface area contributed by atoms with E-state index >= 15 is 0 Å². The molecule has 5 saturated heterocycles. The van der Waals surface area contributed by atoms with Gasteiger partial charge in [-0.3, -0.25) is 48.5 Å². The molecular formula is C112H133AlF3LiN10O22. The Labute approximate surface area is 889 Å². The van der Waals surface area contributed by atoms with Crippen LogP contribution in [0.2, 0.25) is 0 Å². The fraction of sp³-hybridized carbons (Fsp3) is 0.366. The number of halogens is 3. The molecule has 788 valence electrons. The number of pyridine rings is 3. The number of carbonyl (C=O) groups excluding carboxylic acids is 10. The Morgan fingerprint density at radius 2 is 0.752 bits per heavy atom. The summed E-state index contributed by atoms with van der Waals surface area (Å²) in [5.74, 6) is -9.01. The van der Waals surface area contributed by atoms with Gasteiger partial charge in [0.2, 0.25) is 0 Å². The molecule has 2 atom stereocenters. The van der Waals surface area contributed by atoms with Crippen LogP contribution in [0.3, 0.4) is 0 Å². The van der Waals surface area contributed by atoms with Crippen LogP contribution >= 0.6 is 0 Å². The number of aromatic amines is 2. The summed E-state index contributed by atoms with van der Waals surface area (Å²) in [5.41, 5.74) is 12.3. The van der Waals surface area contributed by atoms with E-state index in [1.54, 1.807) is 91.8 Å². The van der Waals surface area contributed by atoms with Crippen molar-refractivity contribution in [2.75, 3.05) is 99.0 Å². The molecule has 7 N–H and O–H groups in total. The molecule has 149 heavy (non-hydrogen) atoms. The summed E-state index contributed by atoms with van der Waals surface area (Å²) in [6, 6.07) is 56.5. The first-order chi connectivity index (χ1) is 70.6. The molecule has 6 aromatic carbocycles. The van der Waals surface area contributed by atoms with E-state index < -0.39 is 71.1 Å². The molecule has 10 heterocycles. The molecule has 5 aliphatic heterocycles. The number of carbonyl (C=O) groups is 12. The van der Waals surface area contributed by atoms with Gasteiger partial charge in [-0.05, 0) is 266 Å². The average Bonchev–Trinajstić information content (AvgIpc) is 1.59. The Hall–Kier alpha value is -14.2. The number of likely N-dealkylation sites (tertiary alicyclic amines) is 4. The van der Waals surface area contributed by atoms with Gasteiger partial charge in [0, 0.05) is 155 Å². The smallest absolute Gasteiger partial charge is 1.00 e. The number of esters is 4. The fourth-order valence-corrected chi connectivity index (χ4v) is 17.3. The first kappa shape index (κ1) is 122. The second-order valence-corrected chi connectivity index (χ2v) is 34.8. The van der Waals surface area contributed by atoms with E-state index in [4.69, 9.17) is 57.7 Å². The molecule has 5 fully saturated rings. The fourth-order valence-electron chi connectivity index (χ4n) is 17.3. The number of Topliss-reactive ketones (excluding diaryl/α,β-unsaturated/α-hetero) is 3. The monoisotopic (exact) mass is 2060 g/mol. The number of H-pyrrole nitrogens is 2. The van der Waals surface area contributed by atoms with Crippen LogP contribution in [0.5, 0.6) is 0 Å². The average molecular weight is 2060 g/mol. The van der Waals surface area contributed by atoms with Gasteiger partial charge in [-0.1, -0.05) is 91.0 Å². The molecule has 2 unspecified atom stereocenters. The van der Waals surface area contributed by atoms with E-state index in [2.05, 4.69) is 36.9 Å². The molecule has 0 spiro atoms. The Kier molecular flexibility index (Phi) is 52.4. The minimum atomic E-state index is -1.42. The van der Waals surface area contributed by atoms with Crippen LogP contribution in [0.4, 0.5) is 27.6 Å². The van der Waals surface area contributed by atoms with Gasteiger partial charge < -0.3 is 85.3 Å². The SMILES string of the molecule is C1CCOC1.CC(=O)O.CC(=O)O.CCOC(=O)C(C(=O)C1CCN(C(=O)OCc2ccccc2)CC1)C(C(=O)c1ccc(F)cc1)c1ccncc1.CCOC(=O)CC(=O)C1CCN(C(=O)OCc2ccccc2)CC1.CCOC(=O)c1c(C2CCN(C(=O)OCc3ccccc3)CC2)[nH]c(-c2ccc(F)cc2)c1-c1ccncc1.CCOC(=O)c1c(C2CCN(C)CC2)[nH]c(-c2ccc(F)cc2)c1-c1ccncc1.N.[AlH3].[H-].[Li+]. The summed E-state index contributed by atoms with van der Waals surface area (Å²) in [6.07, 6.45) is 15.8. The summed E-state index contributed by atoms with van der Waals surface area (Å²) >= 11 is 0. The number of nitrogens with one attached hydrogen (secondary N) is 2. The zero-order chi connectivity index (χ0) is 105. The predicted octanol–water partition coefficient (Wildman–Crippen LogP) is 16.1. The van der Waals surface area contributed by atoms with E-state index in [0.717, 1.165) is 127 Å². The number of nitrogens with zero attached hydrogens (tertiary/aromatic N) is 7. The molecule has 32 nitrogen and oxygen atoms in total. The number of piperidine rings is 4. The zero-order valence-electron chi connectivity index (χ0n) is 85.8. The van der Waals surface area contributed by atoms with Crippen molar-refractivity contribution in [3.8, 4) is 44.8 Å². The van der Waals surface area contributed by atoms with Crippen molar-refractivity contribution in [3.63, 3.8) is 0 Å². The van der Waals surface area contributed by atoms with Crippen LogP contribution < -0.4 is 25.0 Å².